The summed E-state index contributed by atoms with van der Waals surface area (Å²) in [6, 6.07) is 19.7. The van der Waals surface area contributed by atoms with Crippen molar-refractivity contribution in [2.75, 3.05) is 7.11 Å². The number of nitrogens with zero attached hydrogens (tertiary/aromatic N) is 1. The Morgan fingerprint density at radius 2 is 1.56 bits per heavy atom. The molecule has 0 amide bonds. The molecule has 0 fully saturated rings. The van der Waals surface area contributed by atoms with Crippen LogP contribution in [-0.4, -0.2) is 12.2 Å². The Balaban J connectivity index is 1.95. The number of benzene rings is 3. The quantitative estimate of drug-likeness (QED) is 0.293. The number of rotatable bonds is 3. The number of thiocarbonyl (C=S) groups is 1. The fraction of sp³-hybridized carbons (Fsp3) is 0.0909. The van der Waals surface area contributed by atoms with Crippen LogP contribution in [0.1, 0.15) is 5.56 Å². The number of hydrogen-bond acceptors (Lipinski definition) is 3. The standard InChI is InChI=1S/C22H17FNO2S/c1-24-19-6-4-3-5-17(19)21(18-12-11-16(25-2)13-20(18)24)22(27)26-15-9-7-14(23)8-10-15/h3-13H,1-2H3/q+1. The van der Waals surface area contributed by atoms with Gasteiger partial charge in [-0.1, -0.05) is 12.1 Å². The second kappa shape index (κ2) is 6.93. The molecule has 0 saturated carbocycles. The summed E-state index contributed by atoms with van der Waals surface area (Å²) in [7, 11) is 3.66. The molecular weight excluding hydrogens is 361 g/mol. The smallest absolute Gasteiger partial charge is 0.217 e. The number of pyridine rings is 1. The molecule has 0 radical (unpaired) electrons. The summed E-state index contributed by atoms with van der Waals surface area (Å²) in [5.41, 5.74) is 2.84. The lowest BCUT2D eigenvalue weighted by atomic mass is 10.0. The zero-order valence-electron chi connectivity index (χ0n) is 14.9. The molecule has 0 aliphatic carbocycles. The lowest BCUT2D eigenvalue weighted by Crippen LogP contribution is -2.31. The summed E-state index contributed by atoms with van der Waals surface area (Å²) in [5.74, 6) is 0.952. The molecule has 0 aliphatic heterocycles. The van der Waals surface area contributed by atoms with E-state index in [2.05, 4.69) is 4.57 Å². The predicted molar refractivity (Wildman–Crippen MR) is 108 cm³/mol. The van der Waals surface area contributed by atoms with Crippen LogP contribution in [0, 0.1) is 5.82 Å². The highest BCUT2D eigenvalue weighted by Crippen LogP contribution is 2.29. The average molecular weight is 378 g/mol. The number of aryl methyl sites for hydroxylation is 1. The minimum absolute atomic E-state index is 0.317. The van der Waals surface area contributed by atoms with Gasteiger partial charge in [-0.05, 0) is 54.7 Å². The Bertz CT molecular complexity index is 1170. The summed E-state index contributed by atoms with van der Waals surface area (Å²) in [6.45, 7) is 0. The number of fused-ring (bicyclic) bond motifs is 2. The number of ether oxygens (including phenoxy) is 2. The first-order chi connectivity index (χ1) is 13.1. The van der Waals surface area contributed by atoms with Gasteiger partial charge in [-0.25, -0.2) is 4.39 Å². The zero-order chi connectivity index (χ0) is 19.0. The fourth-order valence-electron chi connectivity index (χ4n) is 3.26. The topological polar surface area (TPSA) is 22.3 Å². The molecule has 0 N–H and O–H groups in total. The number of halogens is 1. The minimum Gasteiger partial charge on any atom is -0.497 e. The van der Waals surface area contributed by atoms with Crippen LogP contribution in [0.3, 0.4) is 0 Å². The Kier molecular flexibility index (Phi) is 4.46. The molecule has 0 bridgehead atoms. The summed E-state index contributed by atoms with van der Waals surface area (Å²) < 4.78 is 26.6. The van der Waals surface area contributed by atoms with Crippen molar-refractivity contribution in [3.63, 3.8) is 0 Å². The monoisotopic (exact) mass is 378 g/mol. The van der Waals surface area contributed by atoms with E-state index in [0.29, 0.717) is 10.8 Å². The SMILES string of the molecule is COc1ccc2c(C(=S)Oc3ccc(F)cc3)c3ccccc3[n+](C)c2c1. The lowest BCUT2D eigenvalue weighted by molar-refractivity contribution is -0.617. The zero-order valence-corrected chi connectivity index (χ0v) is 15.7. The van der Waals surface area contributed by atoms with E-state index >= 15 is 0 Å². The van der Waals surface area contributed by atoms with Crippen molar-refractivity contribution in [2.45, 2.75) is 0 Å². The van der Waals surface area contributed by atoms with Crippen LogP contribution in [0.25, 0.3) is 21.8 Å². The molecule has 4 aromatic rings. The van der Waals surface area contributed by atoms with Gasteiger partial charge in [0.1, 0.15) is 24.4 Å². The average Bonchev–Trinajstić information content (AvgIpc) is 2.70. The fourth-order valence-corrected chi connectivity index (χ4v) is 3.58. The highest BCUT2D eigenvalue weighted by atomic mass is 32.1. The van der Waals surface area contributed by atoms with Crippen LogP contribution in [-0.2, 0) is 7.05 Å². The van der Waals surface area contributed by atoms with Gasteiger partial charge in [0.25, 0.3) is 0 Å². The summed E-state index contributed by atoms with van der Waals surface area (Å²) in [6.07, 6.45) is 0. The maximum Gasteiger partial charge on any atom is 0.217 e. The first-order valence-corrected chi connectivity index (χ1v) is 8.85. The van der Waals surface area contributed by atoms with E-state index < -0.39 is 0 Å². The summed E-state index contributed by atoms with van der Waals surface area (Å²) >= 11 is 5.64. The number of methoxy groups -OCH3 is 1. The number of hydrogen-bond donors (Lipinski definition) is 0. The van der Waals surface area contributed by atoms with E-state index in [1.54, 1.807) is 19.2 Å². The molecule has 0 unspecified atom stereocenters. The van der Waals surface area contributed by atoms with Gasteiger partial charge in [-0.15, -0.1) is 0 Å². The Labute approximate surface area is 161 Å². The van der Waals surface area contributed by atoms with E-state index in [1.165, 1.54) is 12.1 Å². The number of para-hydroxylation sites is 1. The molecule has 3 nitrogen and oxygen atoms in total. The van der Waals surface area contributed by atoms with Crippen molar-refractivity contribution in [2.24, 2.45) is 7.05 Å². The predicted octanol–water partition coefficient (Wildman–Crippen LogP) is 4.72. The summed E-state index contributed by atoms with van der Waals surface area (Å²) in [5, 5.41) is 2.29. The van der Waals surface area contributed by atoms with Gasteiger partial charge in [0.05, 0.1) is 29.5 Å². The largest absolute Gasteiger partial charge is 0.497 e. The Hall–Kier alpha value is -3.05. The van der Waals surface area contributed by atoms with Crippen LogP contribution >= 0.6 is 12.2 Å². The van der Waals surface area contributed by atoms with Crippen LogP contribution in [0.15, 0.2) is 66.7 Å². The molecule has 3 aromatic carbocycles. The van der Waals surface area contributed by atoms with Gasteiger partial charge in [-0.3, -0.25) is 0 Å². The van der Waals surface area contributed by atoms with E-state index in [9.17, 15) is 4.39 Å². The minimum atomic E-state index is -0.317. The van der Waals surface area contributed by atoms with Gasteiger partial charge in [0.2, 0.25) is 11.0 Å². The maximum atomic E-state index is 13.2. The van der Waals surface area contributed by atoms with Gasteiger partial charge in [-0.2, -0.15) is 4.57 Å². The number of aromatic nitrogens is 1. The van der Waals surface area contributed by atoms with Crippen molar-refractivity contribution in [3.8, 4) is 11.5 Å². The molecule has 134 valence electrons. The van der Waals surface area contributed by atoms with Crippen molar-refractivity contribution < 1.29 is 18.4 Å². The van der Waals surface area contributed by atoms with Gasteiger partial charge >= 0.3 is 0 Å². The molecule has 0 atom stereocenters. The second-order valence-electron chi connectivity index (χ2n) is 6.18. The Morgan fingerprint density at radius 3 is 2.30 bits per heavy atom. The third-order valence-corrected chi connectivity index (χ3v) is 4.89. The highest BCUT2D eigenvalue weighted by Gasteiger charge is 2.22. The molecule has 0 spiro atoms. The van der Waals surface area contributed by atoms with Crippen molar-refractivity contribution in [3.05, 3.63) is 78.1 Å². The normalized spacial score (nSPS) is 10.9. The van der Waals surface area contributed by atoms with Crippen LogP contribution in [0.5, 0.6) is 11.5 Å². The van der Waals surface area contributed by atoms with Crippen LogP contribution in [0.2, 0.25) is 0 Å². The van der Waals surface area contributed by atoms with Gasteiger partial charge < -0.3 is 9.47 Å². The first kappa shape index (κ1) is 17.4. The molecule has 0 aliphatic rings. The van der Waals surface area contributed by atoms with Gasteiger partial charge in [0, 0.05) is 6.07 Å². The molecule has 27 heavy (non-hydrogen) atoms. The highest BCUT2D eigenvalue weighted by molar-refractivity contribution is 7.80. The van der Waals surface area contributed by atoms with Crippen molar-refractivity contribution >= 4 is 39.1 Å². The third-order valence-electron chi connectivity index (χ3n) is 4.60. The van der Waals surface area contributed by atoms with Crippen molar-refractivity contribution in [1.29, 1.82) is 0 Å². The molecular formula is C22H17FNO2S+. The van der Waals surface area contributed by atoms with Gasteiger partial charge in [0.15, 0.2) is 5.05 Å². The Morgan fingerprint density at radius 1 is 0.889 bits per heavy atom. The lowest BCUT2D eigenvalue weighted by Gasteiger charge is -2.13. The van der Waals surface area contributed by atoms with Crippen LogP contribution in [0.4, 0.5) is 4.39 Å². The van der Waals surface area contributed by atoms with E-state index in [1.807, 2.05) is 49.5 Å². The van der Waals surface area contributed by atoms with Crippen molar-refractivity contribution in [1.82, 2.24) is 0 Å². The molecule has 4 rings (SSSR count). The third kappa shape index (κ3) is 3.11. The molecule has 5 heteroatoms. The van der Waals surface area contributed by atoms with Crippen LogP contribution < -0.4 is 14.0 Å². The molecule has 1 heterocycles. The molecule has 0 saturated heterocycles. The second-order valence-corrected chi connectivity index (χ2v) is 6.55. The maximum absolute atomic E-state index is 13.2. The van der Waals surface area contributed by atoms with E-state index in [-0.39, 0.29) is 5.82 Å². The summed E-state index contributed by atoms with van der Waals surface area (Å²) in [4.78, 5) is 0. The molecule has 1 aromatic heterocycles. The first-order valence-electron chi connectivity index (χ1n) is 8.44. The van der Waals surface area contributed by atoms with E-state index in [4.69, 9.17) is 21.7 Å². The van der Waals surface area contributed by atoms with E-state index in [0.717, 1.165) is 33.1 Å².